The van der Waals surface area contributed by atoms with Gasteiger partial charge < -0.3 is 9.64 Å². The van der Waals surface area contributed by atoms with Crippen molar-refractivity contribution in [1.82, 2.24) is 0 Å². The minimum atomic E-state index is -0.535. The second-order valence-corrected chi connectivity index (χ2v) is 4.78. The van der Waals surface area contributed by atoms with Crippen LogP contribution < -0.4 is 4.90 Å². The number of benzene rings is 1. The summed E-state index contributed by atoms with van der Waals surface area (Å²) in [7, 11) is 0. The maximum absolute atomic E-state index is 11.0. The third-order valence-electron chi connectivity index (χ3n) is 3.48. The molecule has 20 heavy (non-hydrogen) atoms. The van der Waals surface area contributed by atoms with Crippen molar-refractivity contribution in [1.29, 1.82) is 0 Å². The Bertz CT molecular complexity index is 502. The van der Waals surface area contributed by atoms with Gasteiger partial charge in [-0.05, 0) is 31.9 Å². The lowest BCUT2D eigenvalue weighted by atomic mass is 10.1. The van der Waals surface area contributed by atoms with E-state index in [1.165, 1.54) is 6.07 Å². The predicted octanol–water partition coefficient (Wildman–Crippen LogP) is 2.41. The molecule has 1 fully saturated rings. The van der Waals surface area contributed by atoms with Crippen LogP contribution in [0.5, 0.6) is 0 Å². The minimum Gasteiger partial charge on any atom is -0.377 e. The predicted molar refractivity (Wildman–Crippen MR) is 75.3 cm³/mol. The van der Waals surface area contributed by atoms with Gasteiger partial charge in [-0.3, -0.25) is 14.9 Å². The van der Waals surface area contributed by atoms with Gasteiger partial charge in [0.05, 0.1) is 16.6 Å². The zero-order valence-corrected chi connectivity index (χ0v) is 11.4. The molecule has 108 valence electrons. The van der Waals surface area contributed by atoms with Crippen molar-refractivity contribution in [3.05, 3.63) is 33.9 Å². The summed E-state index contributed by atoms with van der Waals surface area (Å²) in [5, 5.41) is 10.8. The molecule has 6 nitrogen and oxygen atoms in total. The zero-order valence-electron chi connectivity index (χ0n) is 11.4. The number of aldehydes is 1. The maximum atomic E-state index is 11.0. The number of rotatable bonds is 5. The average molecular weight is 278 g/mol. The SMILES string of the molecule is CCOC1CCCN(c2ccc([N+](=O)[O-])c(C=O)c2)C1. The molecule has 0 aromatic heterocycles. The molecule has 0 amide bonds. The number of nitro groups is 1. The van der Waals surface area contributed by atoms with E-state index in [-0.39, 0.29) is 17.4 Å². The summed E-state index contributed by atoms with van der Waals surface area (Å²) in [5.41, 5.74) is 0.801. The molecule has 1 aromatic carbocycles. The molecule has 1 unspecified atom stereocenters. The highest BCUT2D eigenvalue weighted by Crippen LogP contribution is 2.26. The molecule has 0 spiro atoms. The Morgan fingerprint density at radius 2 is 2.35 bits per heavy atom. The van der Waals surface area contributed by atoms with Crippen molar-refractivity contribution >= 4 is 17.7 Å². The molecule has 1 aromatic rings. The van der Waals surface area contributed by atoms with E-state index >= 15 is 0 Å². The number of nitrogens with zero attached hydrogens (tertiary/aromatic N) is 2. The molecule has 0 saturated carbocycles. The van der Waals surface area contributed by atoms with Crippen LogP contribution in [0.3, 0.4) is 0 Å². The Balaban J connectivity index is 2.20. The van der Waals surface area contributed by atoms with E-state index in [1.807, 2.05) is 6.92 Å². The van der Waals surface area contributed by atoms with Crippen molar-refractivity contribution in [2.45, 2.75) is 25.9 Å². The van der Waals surface area contributed by atoms with Crippen LogP contribution in [0.1, 0.15) is 30.1 Å². The van der Waals surface area contributed by atoms with Gasteiger partial charge in [-0.1, -0.05) is 0 Å². The Kier molecular flexibility index (Phi) is 4.68. The van der Waals surface area contributed by atoms with Crippen molar-refractivity contribution in [3.63, 3.8) is 0 Å². The molecule has 6 heteroatoms. The number of piperidine rings is 1. The maximum Gasteiger partial charge on any atom is 0.280 e. The molecule has 1 aliphatic rings. The first-order valence-corrected chi connectivity index (χ1v) is 6.76. The van der Waals surface area contributed by atoms with E-state index < -0.39 is 4.92 Å². The van der Waals surface area contributed by atoms with Gasteiger partial charge in [0.1, 0.15) is 0 Å². The summed E-state index contributed by atoms with van der Waals surface area (Å²) in [4.78, 5) is 23.4. The first kappa shape index (κ1) is 14.5. The van der Waals surface area contributed by atoms with Crippen LogP contribution in [0.25, 0.3) is 0 Å². The fourth-order valence-corrected chi connectivity index (χ4v) is 2.54. The highest BCUT2D eigenvalue weighted by atomic mass is 16.6. The lowest BCUT2D eigenvalue weighted by Crippen LogP contribution is -2.39. The number of ether oxygens (including phenoxy) is 1. The number of carbonyl (C=O) groups excluding carboxylic acids is 1. The lowest BCUT2D eigenvalue weighted by molar-refractivity contribution is -0.385. The van der Waals surface area contributed by atoms with Crippen LogP contribution in [0.15, 0.2) is 18.2 Å². The first-order valence-electron chi connectivity index (χ1n) is 6.76. The van der Waals surface area contributed by atoms with E-state index in [0.717, 1.165) is 31.6 Å². The quantitative estimate of drug-likeness (QED) is 0.470. The van der Waals surface area contributed by atoms with E-state index in [4.69, 9.17) is 4.74 Å². The Morgan fingerprint density at radius 1 is 1.55 bits per heavy atom. The van der Waals surface area contributed by atoms with E-state index in [1.54, 1.807) is 12.1 Å². The van der Waals surface area contributed by atoms with Gasteiger partial charge in [-0.2, -0.15) is 0 Å². The van der Waals surface area contributed by atoms with E-state index in [9.17, 15) is 14.9 Å². The van der Waals surface area contributed by atoms with E-state index in [0.29, 0.717) is 12.9 Å². The van der Waals surface area contributed by atoms with Crippen molar-refractivity contribution in [2.24, 2.45) is 0 Å². The Hall–Kier alpha value is -1.95. The van der Waals surface area contributed by atoms with Gasteiger partial charge in [0, 0.05) is 31.5 Å². The van der Waals surface area contributed by atoms with Gasteiger partial charge in [0.15, 0.2) is 6.29 Å². The number of hydrogen-bond donors (Lipinski definition) is 0. The van der Waals surface area contributed by atoms with Crippen LogP contribution >= 0.6 is 0 Å². The molecule has 0 bridgehead atoms. The third-order valence-corrected chi connectivity index (χ3v) is 3.48. The normalized spacial score (nSPS) is 18.9. The number of anilines is 1. The molecule has 0 aliphatic carbocycles. The monoisotopic (exact) mass is 278 g/mol. The fraction of sp³-hybridized carbons (Fsp3) is 0.500. The molecule has 1 aliphatic heterocycles. The fourth-order valence-electron chi connectivity index (χ4n) is 2.54. The third kappa shape index (κ3) is 3.14. The molecule has 0 N–H and O–H groups in total. The number of nitro benzene ring substituents is 1. The zero-order chi connectivity index (χ0) is 14.5. The van der Waals surface area contributed by atoms with Crippen LogP contribution in [0, 0.1) is 10.1 Å². The molecule has 1 heterocycles. The summed E-state index contributed by atoms with van der Waals surface area (Å²) in [6.07, 6.45) is 2.75. The lowest BCUT2D eigenvalue weighted by Gasteiger charge is -2.34. The van der Waals surface area contributed by atoms with Crippen molar-refractivity contribution in [2.75, 3.05) is 24.6 Å². The van der Waals surface area contributed by atoms with E-state index in [2.05, 4.69) is 4.90 Å². The van der Waals surface area contributed by atoms with Crippen LogP contribution in [-0.4, -0.2) is 37.0 Å². The van der Waals surface area contributed by atoms with Crippen LogP contribution in [0.4, 0.5) is 11.4 Å². The Morgan fingerprint density at radius 3 is 3.00 bits per heavy atom. The van der Waals surface area contributed by atoms with Crippen LogP contribution in [0.2, 0.25) is 0 Å². The highest BCUT2D eigenvalue weighted by Gasteiger charge is 2.22. The van der Waals surface area contributed by atoms with Crippen LogP contribution in [-0.2, 0) is 4.74 Å². The largest absolute Gasteiger partial charge is 0.377 e. The summed E-state index contributed by atoms with van der Waals surface area (Å²) < 4.78 is 5.63. The van der Waals surface area contributed by atoms with Gasteiger partial charge in [0.2, 0.25) is 0 Å². The smallest absolute Gasteiger partial charge is 0.280 e. The molecular formula is C14H18N2O4. The molecule has 0 radical (unpaired) electrons. The van der Waals surface area contributed by atoms with Gasteiger partial charge in [0.25, 0.3) is 5.69 Å². The first-order chi connectivity index (χ1) is 9.65. The summed E-state index contributed by atoms with van der Waals surface area (Å²) >= 11 is 0. The second kappa shape index (κ2) is 6.47. The molecule has 2 rings (SSSR count). The topological polar surface area (TPSA) is 72.7 Å². The molecule has 1 saturated heterocycles. The Labute approximate surface area is 117 Å². The average Bonchev–Trinajstić information content (AvgIpc) is 2.47. The molecular weight excluding hydrogens is 260 g/mol. The van der Waals surface area contributed by atoms with Gasteiger partial charge in [-0.15, -0.1) is 0 Å². The minimum absolute atomic E-state index is 0.117. The van der Waals surface area contributed by atoms with Gasteiger partial charge >= 0.3 is 0 Å². The number of carbonyl (C=O) groups is 1. The standard InChI is InChI=1S/C14H18N2O4/c1-2-20-13-4-3-7-15(9-13)12-5-6-14(16(18)19)11(8-12)10-17/h5-6,8,10,13H,2-4,7,9H2,1H3. The summed E-state index contributed by atoms with van der Waals surface area (Å²) in [6, 6.07) is 4.67. The summed E-state index contributed by atoms with van der Waals surface area (Å²) in [5.74, 6) is 0. The highest BCUT2D eigenvalue weighted by molar-refractivity contribution is 5.83. The van der Waals surface area contributed by atoms with Crippen molar-refractivity contribution in [3.8, 4) is 0 Å². The number of hydrogen-bond acceptors (Lipinski definition) is 5. The van der Waals surface area contributed by atoms with Crippen molar-refractivity contribution < 1.29 is 14.5 Å². The second-order valence-electron chi connectivity index (χ2n) is 4.78. The van der Waals surface area contributed by atoms with Gasteiger partial charge in [-0.25, -0.2) is 0 Å². The molecule has 1 atom stereocenters. The summed E-state index contributed by atoms with van der Waals surface area (Å²) in [6.45, 7) is 4.28.